The summed E-state index contributed by atoms with van der Waals surface area (Å²) in [6.07, 6.45) is 4.41. The number of aliphatic hydroxyl groups excluding tert-OH is 1. The quantitative estimate of drug-likeness (QED) is 0.690. The van der Waals surface area contributed by atoms with Crippen LogP contribution in [0.4, 0.5) is 0 Å². The van der Waals surface area contributed by atoms with Crippen LogP contribution in [0.15, 0.2) is 48.6 Å². The van der Waals surface area contributed by atoms with Crippen LogP contribution in [-0.4, -0.2) is 16.9 Å². The van der Waals surface area contributed by atoms with E-state index in [4.69, 9.17) is 5.41 Å². The van der Waals surface area contributed by atoms with Gasteiger partial charge in [0.2, 0.25) is 0 Å². The molecular weight excluding hydrogens is 174 g/mol. The van der Waals surface area contributed by atoms with E-state index in [2.05, 4.69) is 0 Å². The molecule has 2 nitrogen and oxygen atoms in total. The van der Waals surface area contributed by atoms with Crippen molar-refractivity contribution in [2.45, 2.75) is 6.10 Å². The Hall–Kier alpha value is -1.67. The van der Waals surface area contributed by atoms with E-state index in [0.29, 0.717) is 0 Å². The summed E-state index contributed by atoms with van der Waals surface area (Å²) >= 11 is 0. The van der Waals surface area contributed by atoms with Crippen molar-refractivity contribution in [3.05, 3.63) is 54.1 Å². The van der Waals surface area contributed by atoms with Crippen molar-refractivity contribution in [1.82, 2.24) is 0 Å². The van der Waals surface area contributed by atoms with Gasteiger partial charge in [-0.05, 0) is 23.3 Å². The van der Waals surface area contributed by atoms with Crippen molar-refractivity contribution in [2.24, 2.45) is 0 Å². The van der Waals surface area contributed by atoms with Crippen LogP contribution in [0.1, 0.15) is 5.56 Å². The number of aliphatic hydroxyl groups is 1. The molecule has 0 radical (unpaired) electrons. The molecule has 0 heterocycles. The van der Waals surface area contributed by atoms with Gasteiger partial charge in [-0.3, -0.25) is 0 Å². The van der Waals surface area contributed by atoms with Crippen LogP contribution in [-0.2, 0) is 0 Å². The molecule has 1 atom stereocenters. The first-order chi connectivity index (χ1) is 6.77. The Bertz CT molecular complexity index is 404. The van der Waals surface area contributed by atoms with Crippen molar-refractivity contribution in [3.8, 4) is 0 Å². The normalized spacial score (nSPS) is 20.8. The van der Waals surface area contributed by atoms with E-state index in [0.717, 1.165) is 11.1 Å². The molecule has 2 N–H and O–H groups in total. The summed E-state index contributed by atoms with van der Waals surface area (Å²) in [7, 11) is 0. The lowest BCUT2D eigenvalue weighted by Crippen LogP contribution is -2.17. The van der Waals surface area contributed by atoms with E-state index in [1.54, 1.807) is 12.2 Å². The van der Waals surface area contributed by atoms with Crippen LogP contribution < -0.4 is 0 Å². The zero-order valence-electron chi connectivity index (χ0n) is 7.64. The fourth-order valence-corrected chi connectivity index (χ4v) is 1.42. The van der Waals surface area contributed by atoms with Crippen LogP contribution in [0.5, 0.6) is 0 Å². The third-order valence-corrected chi connectivity index (χ3v) is 2.21. The molecule has 0 saturated heterocycles. The summed E-state index contributed by atoms with van der Waals surface area (Å²) < 4.78 is 0. The van der Waals surface area contributed by atoms with Crippen LogP contribution in [0.2, 0.25) is 0 Å². The Morgan fingerprint density at radius 1 is 1.07 bits per heavy atom. The highest BCUT2D eigenvalue weighted by molar-refractivity contribution is 6.03. The highest BCUT2D eigenvalue weighted by Crippen LogP contribution is 2.19. The number of allylic oxidation sites excluding steroid dienone is 2. The second-order valence-corrected chi connectivity index (χ2v) is 3.22. The Morgan fingerprint density at radius 3 is 2.43 bits per heavy atom. The second-order valence-electron chi connectivity index (χ2n) is 3.22. The number of hydrogen-bond acceptors (Lipinski definition) is 2. The second kappa shape index (κ2) is 3.60. The first kappa shape index (κ1) is 8.91. The summed E-state index contributed by atoms with van der Waals surface area (Å²) in [6.45, 7) is 0. The van der Waals surface area contributed by atoms with Gasteiger partial charge in [-0.15, -0.1) is 0 Å². The molecule has 0 amide bonds. The summed E-state index contributed by atoms with van der Waals surface area (Å²) in [5.41, 5.74) is 2.27. The van der Waals surface area contributed by atoms with Gasteiger partial charge in [0.1, 0.15) is 6.10 Å². The Balaban J connectivity index is 2.34. The van der Waals surface area contributed by atoms with E-state index < -0.39 is 6.10 Å². The average molecular weight is 185 g/mol. The predicted octanol–water partition coefficient (Wildman–Crippen LogP) is 2.02. The fourth-order valence-electron chi connectivity index (χ4n) is 1.42. The van der Waals surface area contributed by atoms with Crippen molar-refractivity contribution in [1.29, 1.82) is 5.41 Å². The topological polar surface area (TPSA) is 44.1 Å². The molecule has 0 spiro atoms. The van der Waals surface area contributed by atoms with Gasteiger partial charge in [0, 0.05) is 0 Å². The Kier molecular flexibility index (Phi) is 2.29. The minimum atomic E-state index is -0.768. The molecule has 1 aliphatic carbocycles. The predicted molar refractivity (Wildman–Crippen MR) is 57.3 cm³/mol. The minimum Gasteiger partial charge on any atom is -0.383 e. The SMILES string of the molecule is N=C1C=CC(c2ccccc2)=CC1O. The van der Waals surface area contributed by atoms with E-state index in [9.17, 15) is 5.11 Å². The molecule has 1 aromatic carbocycles. The maximum Gasteiger partial charge on any atom is 0.114 e. The zero-order valence-corrected chi connectivity index (χ0v) is 7.64. The molecule has 1 aliphatic rings. The van der Waals surface area contributed by atoms with E-state index in [-0.39, 0.29) is 5.71 Å². The molecule has 0 fully saturated rings. The lowest BCUT2D eigenvalue weighted by molar-refractivity contribution is 0.289. The smallest absolute Gasteiger partial charge is 0.114 e. The molecule has 1 aromatic rings. The average Bonchev–Trinajstić information content (AvgIpc) is 2.23. The summed E-state index contributed by atoms with van der Waals surface area (Å²) in [5.74, 6) is 0. The van der Waals surface area contributed by atoms with Gasteiger partial charge in [0.25, 0.3) is 0 Å². The summed E-state index contributed by atoms with van der Waals surface area (Å²) in [4.78, 5) is 0. The molecular formula is C12H11NO. The van der Waals surface area contributed by atoms with E-state index in [1.165, 1.54) is 0 Å². The molecule has 2 rings (SSSR count). The molecule has 0 bridgehead atoms. The maximum absolute atomic E-state index is 9.46. The molecule has 2 heteroatoms. The summed E-state index contributed by atoms with van der Waals surface area (Å²) in [6, 6.07) is 9.83. The maximum atomic E-state index is 9.46. The van der Waals surface area contributed by atoms with Crippen LogP contribution in [0.25, 0.3) is 5.57 Å². The van der Waals surface area contributed by atoms with Gasteiger partial charge in [0.05, 0.1) is 5.71 Å². The minimum absolute atomic E-state index is 0.240. The van der Waals surface area contributed by atoms with Gasteiger partial charge in [-0.25, -0.2) is 0 Å². The number of rotatable bonds is 1. The highest BCUT2D eigenvalue weighted by atomic mass is 16.3. The molecule has 70 valence electrons. The Labute approximate surface area is 82.7 Å². The molecule has 0 saturated carbocycles. The van der Waals surface area contributed by atoms with Gasteiger partial charge in [-0.1, -0.05) is 36.4 Å². The van der Waals surface area contributed by atoms with Crippen molar-refractivity contribution in [2.75, 3.05) is 0 Å². The lowest BCUT2D eigenvalue weighted by Gasteiger charge is -2.12. The first-order valence-corrected chi connectivity index (χ1v) is 4.49. The van der Waals surface area contributed by atoms with Gasteiger partial charge in [-0.2, -0.15) is 0 Å². The van der Waals surface area contributed by atoms with Crippen LogP contribution >= 0.6 is 0 Å². The first-order valence-electron chi connectivity index (χ1n) is 4.49. The van der Waals surface area contributed by atoms with Crippen molar-refractivity contribution in [3.63, 3.8) is 0 Å². The van der Waals surface area contributed by atoms with Crippen molar-refractivity contribution < 1.29 is 5.11 Å². The Morgan fingerprint density at radius 2 is 1.79 bits per heavy atom. The lowest BCUT2D eigenvalue weighted by atomic mass is 9.97. The van der Waals surface area contributed by atoms with Crippen LogP contribution in [0, 0.1) is 5.41 Å². The number of nitrogens with one attached hydrogen (secondary N) is 1. The number of benzene rings is 1. The van der Waals surface area contributed by atoms with Gasteiger partial charge < -0.3 is 10.5 Å². The molecule has 1 unspecified atom stereocenters. The van der Waals surface area contributed by atoms with Gasteiger partial charge in [0.15, 0.2) is 0 Å². The van der Waals surface area contributed by atoms with E-state index >= 15 is 0 Å². The third kappa shape index (κ3) is 1.65. The molecule has 14 heavy (non-hydrogen) atoms. The number of hydrogen-bond donors (Lipinski definition) is 2. The summed E-state index contributed by atoms with van der Waals surface area (Å²) in [5, 5.41) is 16.8. The molecule has 0 aromatic heterocycles. The standard InChI is InChI=1S/C12H11NO/c13-11-7-6-10(8-12(11)14)9-4-2-1-3-5-9/h1-8,12-14H. The zero-order chi connectivity index (χ0) is 9.97. The van der Waals surface area contributed by atoms with Crippen LogP contribution in [0.3, 0.4) is 0 Å². The van der Waals surface area contributed by atoms with Gasteiger partial charge >= 0.3 is 0 Å². The van der Waals surface area contributed by atoms with E-state index in [1.807, 2.05) is 36.4 Å². The largest absolute Gasteiger partial charge is 0.383 e. The third-order valence-electron chi connectivity index (χ3n) is 2.21. The highest BCUT2D eigenvalue weighted by Gasteiger charge is 2.11. The fraction of sp³-hybridized carbons (Fsp3) is 0.0833. The monoisotopic (exact) mass is 185 g/mol. The molecule has 0 aliphatic heterocycles. The van der Waals surface area contributed by atoms with Crippen molar-refractivity contribution >= 4 is 11.3 Å².